The summed E-state index contributed by atoms with van der Waals surface area (Å²) >= 11 is 0. The van der Waals surface area contributed by atoms with Crippen LogP contribution in [0.2, 0.25) is 0 Å². The molecule has 1 rings (SSSR count). The summed E-state index contributed by atoms with van der Waals surface area (Å²) < 4.78 is 14.9. The van der Waals surface area contributed by atoms with Gasteiger partial charge in [0.1, 0.15) is 12.4 Å². The number of carbonyl (C=O) groups excluding carboxylic acids is 2. The average Bonchev–Trinajstić information content (AvgIpc) is 2.88. The van der Waals surface area contributed by atoms with Gasteiger partial charge in [-0.25, -0.2) is 0 Å². The van der Waals surface area contributed by atoms with Crippen LogP contribution in [0.4, 0.5) is 0 Å². The van der Waals surface area contributed by atoms with Crippen LogP contribution in [0, 0.1) is 0 Å². The van der Waals surface area contributed by atoms with Gasteiger partial charge >= 0.3 is 5.97 Å². The molecular formula is C13H19NO5. The second-order valence-electron chi connectivity index (χ2n) is 3.88. The van der Waals surface area contributed by atoms with E-state index >= 15 is 0 Å². The van der Waals surface area contributed by atoms with Gasteiger partial charge in [0.25, 0.3) is 0 Å². The molecule has 1 aromatic rings. The van der Waals surface area contributed by atoms with Gasteiger partial charge in [-0.2, -0.15) is 0 Å². The summed E-state index contributed by atoms with van der Waals surface area (Å²) in [6.07, 6.45) is 1.70. The van der Waals surface area contributed by atoms with Gasteiger partial charge < -0.3 is 18.8 Å². The first kappa shape index (κ1) is 15.2. The fourth-order valence-corrected chi connectivity index (χ4v) is 1.56. The predicted molar refractivity (Wildman–Crippen MR) is 67.3 cm³/mol. The van der Waals surface area contributed by atoms with Crippen molar-refractivity contribution in [2.24, 2.45) is 0 Å². The number of hydrogen-bond acceptors (Lipinski definition) is 5. The van der Waals surface area contributed by atoms with Gasteiger partial charge in [-0.1, -0.05) is 0 Å². The second-order valence-corrected chi connectivity index (χ2v) is 3.88. The van der Waals surface area contributed by atoms with Crippen molar-refractivity contribution >= 4 is 11.9 Å². The molecule has 106 valence electrons. The minimum absolute atomic E-state index is 0.0243. The van der Waals surface area contributed by atoms with E-state index in [1.54, 1.807) is 25.3 Å². The topological polar surface area (TPSA) is 69.0 Å². The second kappa shape index (κ2) is 8.31. The van der Waals surface area contributed by atoms with Gasteiger partial charge in [0.05, 0.1) is 25.8 Å². The number of hydrogen-bond donors (Lipinski definition) is 0. The first-order chi connectivity index (χ1) is 9.17. The minimum atomic E-state index is -0.322. The Morgan fingerprint density at radius 2 is 2.21 bits per heavy atom. The van der Waals surface area contributed by atoms with E-state index in [1.807, 2.05) is 0 Å². The van der Waals surface area contributed by atoms with Gasteiger partial charge in [-0.05, 0) is 19.1 Å². The Morgan fingerprint density at radius 3 is 2.79 bits per heavy atom. The van der Waals surface area contributed by atoms with Crippen LogP contribution in [0.25, 0.3) is 0 Å². The van der Waals surface area contributed by atoms with E-state index < -0.39 is 0 Å². The van der Waals surface area contributed by atoms with Gasteiger partial charge in [0.2, 0.25) is 5.91 Å². The van der Waals surface area contributed by atoms with Crippen molar-refractivity contribution in [1.82, 2.24) is 4.90 Å². The number of amides is 1. The van der Waals surface area contributed by atoms with Crippen molar-refractivity contribution in [3.05, 3.63) is 24.2 Å². The normalized spacial score (nSPS) is 10.2. The molecule has 0 fully saturated rings. The van der Waals surface area contributed by atoms with Gasteiger partial charge in [-0.15, -0.1) is 0 Å². The van der Waals surface area contributed by atoms with Gasteiger partial charge in [0, 0.05) is 13.7 Å². The maximum Gasteiger partial charge on any atom is 0.307 e. The highest BCUT2D eigenvalue weighted by atomic mass is 16.5. The van der Waals surface area contributed by atoms with Crippen LogP contribution < -0.4 is 0 Å². The number of nitrogens with zero attached hydrogens (tertiary/aromatic N) is 1. The average molecular weight is 269 g/mol. The molecule has 0 atom stereocenters. The van der Waals surface area contributed by atoms with Crippen molar-refractivity contribution in [3.8, 4) is 0 Å². The van der Waals surface area contributed by atoms with E-state index in [9.17, 15) is 9.59 Å². The highest BCUT2D eigenvalue weighted by Gasteiger charge is 2.16. The SMILES string of the molecule is CCOC(=O)CCN(Cc1ccco1)C(=O)COC. The number of rotatable bonds is 8. The number of ether oxygens (including phenoxy) is 2. The summed E-state index contributed by atoms with van der Waals surface area (Å²) in [6.45, 7) is 2.65. The zero-order chi connectivity index (χ0) is 14.1. The highest BCUT2D eigenvalue weighted by molar-refractivity contribution is 5.78. The first-order valence-corrected chi connectivity index (χ1v) is 6.12. The number of carbonyl (C=O) groups is 2. The molecule has 1 heterocycles. The zero-order valence-corrected chi connectivity index (χ0v) is 11.3. The molecule has 0 saturated heterocycles. The minimum Gasteiger partial charge on any atom is -0.467 e. The van der Waals surface area contributed by atoms with Crippen molar-refractivity contribution in [2.75, 3.05) is 26.9 Å². The fraction of sp³-hybridized carbons (Fsp3) is 0.538. The third-order valence-corrected chi connectivity index (χ3v) is 2.44. The molecule has 19 heavy (non-hydrogen) atoms. The Labute approximate surface area is 112 Å². The van der Waals surface area contributed by atoms with Gasteiger partial charge in [0.15, 0.2) is 0 Å². The van der Waals surface area contributed by atoms with E-state index in [0.29, 0.717) is 18.9 Å². The van der Waals surface area contributed by atoms with E-state index in [1.165, 1.54) is 12.0 Å². The molecule has 0 aliphatic carbocycles. The van der Waals surface area contributed by atoms with Gasteiger partial charge in [-0.3, -0.25) is 9.59 Å². The van der Waals surface area contributed by atoms with E-state index in [2.05, 4.69) is 0 Å². The highest BCUT2D eigenvalue weighted by Crippen LogP contribution is 2.07. The lowest BCUT2D eigenvalue weighted by Crippen LogP contribution is -2.35. The van der Waals surface area contributed by atoms with E-state index in [4.69, 9.17) is 13.9 Å². The van der Waals surface area contributed by atoms with Crippen LogP contribution in [0.1, 0.15) is 19.1 Å². The molecule has 0 aliphatic rings. The maximum absolute atomic E-state index is 11.8. The molecule has 0 radical (unpaired) electrons. The molecule has 0 saturated carbocycles. The maximum atomic E-state index is 11.8. The number of methoxy groups -OCH3 is 1. The van der Waals surface area contributed by atoms with Crippen LogP contribution in [0.5, 0.6) is 0 Å². The monoisotopic (exact) mass is 269 g/mol. The third kappa shape index (κ3) is 5.56. The van der Waals surface area contributed by atoms with Crippen LogP contribution in [-0.2, 0) is 25.6 Å². The quantitative estimate of drug-likeness (QED) is 0.663. The molecule has 0 bridgehead atoms. The number of furan rings is 1. The molecule has 0 aliphatic heterocycles. The Kier molecular flexibility index (Phi) is 6.67. The molecule has 0 N–H and O–H groups in total. The molecule has 0 unspecified atom stereocenters. The van der Waals surface area contributed by atoms with Crippen molar-refractivity contribution in [2.45, 2.75) is 19.9 Å². The van der Waals surface area contributed by atoms with E-state index in [0.717, 1.165) is 0 Å². The summed E-state index contributed by atoms with van der Waals surface area (Å²) in [7, 11) is 1.45. The molecule has 0 spiro atoms. The summed E-state index contributed by atoms with van der Waals surface area (Å²) in [6, 6.07) is 3.52. The van der Waals surface area contributed by atoms with Crippen molar-refractivity contribution in [3.63, 3.8) is 0 Å². The standard InChI is InChI=1S/C13H19NO5/c1-3-18-13(16)6-7-14(12(15)10-17-2)9-11-5-4-8-19-11/h4-5,8H,3,6-7,9-10H2,1-2H3. The summed E-state index contributed by atoms with van der Waals surface area (Å²) in [5, 5.41) is 0. The lowest BCUT2D eigenvalue weighted by atomic mass is 10.3. The lowest BCUT2D eigenvalue weighted by molar-refractivity contribution is -0.144. The van der Waals surface area contributed by atoms with Crippen LogP contribution >= 0.6 is 0 Å². The van der Waals surface area contributed by atoms with Crippen LogP contribution in [0.15, 0.2) is 22.8 Å². The largest absolute Gasteiger partial charge is 0.467 e. The molecule has 6 nitrogen and oxygen atoms in total. The fourth-order valence-electron chi connectivity index (χ4n) is 1.56. The molecule has 6 heteroatoms. The van der Waals surface area contributed by atoms with Crippen molar-refractivity contribution < 1.29 is 23.5 Å². The Bertz CT molecular complexity index is 388. The summed E-state index contributed by atoms with van der Waals surface area (Å²) in [5.41, 5.74) is 0. The molecule has 1 amide bonds. The zero-order valence-electron chi connectivity index (χ0n) is 11.3. The number of esters is 1. The van der Waals surface area contributed by atoms with E-state index in [-0.39, 0.29) is 31.4 Å². The Balaban J connectivity index is 2.54. The summed E-state index contributed by atoms with van der Waals surface area (Å²) in [5.74, 6) is 0.147. The Morgan fingerprint density at radius 1 is 1.42 bits per heavy atom. The Hall–Kier alpha value is -1.82. The summed E-state index contributed by atoms with van der Waals surface area (Å²) in [4.78, 5) is 24.7. The molecular weight excluding hydrogens is 250 g/mol. The van der Waals surface area contributed by atoms with Crippen molar-refractivity contribution in [1.29, 1.82) is 0 Å². The third-order valence-electron chi connectivity index (χ3n) is 2.44. The lowest BCUT2D eigenvalue weighted by Gasteiger charge is -2.20. The predicted octanol–water partition coefficient (Wildman–Crippen LogP) is 1.21. The molecule has 0 aromatic carbocycles. The van der Waals surface area contributed by atoms with Crippen LogP contribution in [0.3, 0.4) is 0 Å². The first-order valence-electron chi connectivity index (χ1n) is 6.12. The van der Waals surface area contributed by atoms with Crippen LogP contribution in [-0.4, -0.2) is 43.6 Å². The molecule has 1 aromatic heterocycles. The smallest absolute Gasteiger partial charge is 0.307 e.